The van der Waals surface area contributed by atoms with Gasteiger partial charge in [0.2, 0.25) is 0 Å². The van der Waals surface area contributed by atoms with Crippen LogP contribution in [0.1, 0.15) is 69.6 Å². The molecule has 0 saturated heterocycles. The van der Waals surface area contributed by atoms with Crippen LogP contribution in [0.4, 0.5) is 0 Å². The Bertz CT molecular complexity index is 1510. The zero-order valence-corrected chi connectivity index (χ0v) is 29.0. The molecule has 4 heteroatoms. The first kappa shape index (κ1) is 31.1. The van der Waals surface area contributed by atoms with Gasteiger partial charge in [0.05, 0.1) is 9.52 Å². The Labute approximate surface area is 262 Å². The fraction of sp³-hybridized carbons (Fsp3) is 0.250. The maximum atomic E-state index is 4.93. The van der Waals surface area contributed by atoms with Crippen molar-refractivity contribution in [2.24, 2.45) is 0 Å². The van der Waals surface area contributed by atoms with Gasteiger partial charge in [-0.3, -0.25) is 0 Å². The molecule has 0 spiro atoms. The van der Waals surface area contributed by atoms with Gasteiger partial charge in [-0.15, -0.1) is 40.1 Å². The van der Waals surface area contributed by atoms with Crippen LogP contribution in [0, 0.1) is 6.07 Å². The first-order chi connectivity index (χ1) is 19.4. The van der Waals surface area contributed by atoms with E-state index in [9.17, 15) is 0 Å². The van der Waals surface area contributed by atoms with Crippen LogP contribution in [0.25, 0.3) is 33.0 Å². The Kier molecular flexibility index (Phi) is 11.6. The smallest absolute Gasteiger partial charge is 0.0920 e. The van der Waals surface area contributed by atoms with Gasteiger partial charge < -0.3 is 0 Å². The summed E-state index contributed by atoms with van der Waals surface area (Å²) in [4.78, 5) is 0. The molecule has 5 aromatic carbocycles. The molecule has 202 valence electrons. The van der Waals surface area contributed by atoms with E-state index in [0.717, 1.165) is 15.9 Å². The number of hydrogen-bond donors (Lipinski definition) is 0. The Morgan fingerprint density at radius 2 is 1.45 bits per heavy atom. The van der Waals surface area contributed by atoms with E-state index in [1.165, 1.54) is 66.5 Å². The maximum absolute atomic E-state index is 4.93. The van der Waals surface area contributed by atoms with Crippen LogP contribution < -0.4 is 10.4 Å². The molecule has 0 nitrogen and oxygen atoms in total. The van der Waals surface area contributed by atoms with Crippen LogP contribution in [0.15, 0.2) is 91.0 Å². The average Bonchev–Trinajstić information content (AvgIpc) is 3.54. The number of fused-ring (bicyclic) bond motifs is 4. The van der Waals surface area contributed by atoms with Crippen molar-refractivity contribution in [3.63, 3.8) is 0 Å². The van der Waals surface area contributed by atoms with Gasteiger partial charge in [-0.1, -0.05) is 111 Å². The van der Waals surface area contributed by atoms with E-state index in [1.54, 1.807) is 0 Å². The van der Waals surface area contributed by atoms with Crippen LogP contribution in [0.3, 0.4) is 0 Å². The van der Waals surface area contributed by atoms with Crippen molar-refractivity contribution in [1.82, 2.24) is 0 Å². The van der Waals surface area contributed by atoms with Gasteiger partial charge in [-0.05, 0) is 29.4 Å². The molecule has 0 aliphatic carbocycles. The van der Waals surface area contributed by atoms with E-state index in [1.807, 2.05) is 6.07 Å². The summed E-state index contributed by atoms with van der Waals surface area (Å²) in [5.41, 5.74) is 10.0. The van der Waals surface area contributed by atoms with Gasteiger partial charge in [0.1, 0.15) is 0 Å². The van der Waals surface area contributed by atoms with Crippen molar-refractivity contribution in [3.8, 4) is 22.3 Å². The number of aryl methyl sites for hydroxylation is 1. The van der Waals surface area contributed by atoms with Gasteiger partial charge in [0, 0.05) is 0 Å². The summed E-state index contributed by atoms with van der Waals surface area (Å²) < 4.78 is 0. The van der Waals surface area contributed by atoms with Gasteiger partial charge in [-0.25, -0.2) is 0 Å². The van der Waals surface area contributed by atoms with Crippen LogP contribution in [0.2, 0.25) is 0 Å². The van der Waals surface area contributed by atoms with E-state index in [4.69, 9.17) is 17.0 Å². The third-order valence-corrected chi connectivity index (χ3v) is 8.70. The first-order valence-electron chi connectivity index (χ1n) is 14.0. The topological polar surface area (TPSA) is 0 Å². The van der Waals surface area contributed by atoms with Crippen LogP contribution in [-0.4, -0.2) is 9.52 Å². The predicted octanol–water partition coefficient (Wildman–Crippen LogP) is 9.92. The largest absolute Gasteiger partial charge is 0.184 e. The molecule has 0 unspecified atom stereocenters. The van der Waals surface area contributed by atoms with E-state index in [0.29, 0.717) is 11.8 Å². The second-order valence-corrected chi connectivity index (χ2v) is 15.8. The average molecular weight is 659 g/mol. The molecular weight excluding hydrogens is 623 g/mol. The number of halogens is 2. The normalized spacial score (nSPS) is 11.3. The summed E-state index contributed by atoms with van der Waals surface area (Å²) in [6.45, 7) is 11.5. The molecule has 2 radical (unpaired) electrons. The third kappa shape index (κ3) is 7.14. The summed E-state index contributed by atoms with van der Waals surface area (Å²) >= 11 is -0.826. The summed E-state index contributed by atoms with van der Waals surface area (Å²) in [6.07, 6.45) is 2.36. The number of hydrogen-bond acceptors (Lipinski definition) is 0. The number of benzene rings is 4. The Morgan fingerprint density at radius 3 is 2.15 bits per heavy atom. The molecule has 1 heterocycles. The molecule has 0 saturated carbocycles. The van der Waals surface area contributed by atoms with E-state index < -0.39 is 20.8 Å². The standard InChI is InChI=1S/C24H29.C12H7Si.2ClH.Zr/c1-6-9-18-14-19-12-13-21(17(4)5)24(23(19)15-18)22-11-8-7-10-20(22)16(2)3;1-3-7-11-9(5-1)10-6-2-4-8-12(10)13-11;;;/h7-8,10-17H,6,9H2,1-5H3;1-7H;2*1H;/q2*-1;;;+4/p-2. The Morgan fingerprint density at radius 1 is 0.800 bits per heavy atom. The van der Waals surface area contributed by atoms with E-state index in [-0.39, 0.29) is 0 Å². The maximum Gasteiger partial charge on any atom is 0.0920 e. The fourth-order valence-corrected chi connectivity index (χ4v) is 6.84. The summed E-state index contributed by atoms with van der Waals surface area (Å²) in [5.74, 6) is 1.05. The molecule has 0 N–H and O–H groups in total. The van der Waals surface area contributed by atoms with Crippen LogP contribution in [-0.2, 0) is 27.3 Å². The molecular formula is C36H36Cl2SiZr. The number of rotatable bonds is 5. The SMILES string of the molecule is CCCc1cc2c(-c3ccccc3C(C)C)c(C(C)C)ccc2[cH-]1.[Cl][Zr+2][Cl].[c-]1cccc2c1[Si]c1ccccc1-2. The zero-order valence-electron chi connectivity index (χ0n) is 24.0. The monoisotopic (exact) mass is 656 g/mol. The van der Waals surface area contributed by atoms with Gasteiger partial charge >= 0.3 is 37.9 Å². The summed E-state index contributed by atoms with van der Waals surface area (Å²) in [6, 6.07) is 36.6. The van der Waals surface area contributed by atoms with Gasteiger partial charge in [0.25, 0.3) is 0 Å². The van der Waals surface area contributed by atoms with Crippen molar-refractivity contribution >= 4 is 47.7 Å². The van der Waals surface area contributed by atoms with Gasteiger partial charge in [-0.2, -0.15) is 35.5 Å². The van der Waals surface area contributed by atoms with Crippen molar-refractivity contribution in [2.75, 3.05) is 0 Å². The molecule has 40 heavy (non-hydrogen) atoms. The van der Waals surface area contributed by atoms with Crippen LogP contribution in [0.5, 0.6) is 0 Å². The predicted molar refractivity (Wildman–Crippen MR) is 175 cm³/mol. The second kappa shape index (κ2) is 14.9. The van der Waals surface area contributed by atoms with Crippen molar-refractivity contribution in [3.05, 3.63) is 114 Å². The zero-order chi connectivity index (χ0) is 28.6. The summed E-state index contributed by atoms with van der Waals surface area (Å²) in [7, 11) is 10.7. The summed E-state index contributed by atoms with van der Waals surface area (Å²) in [5, 5.41) is 5.64. The van der Waals surface area contributed by atoms with Gasteiger partial charge in [0.15, 0.2) is 0 Å². The molecule has 0 atom stereocenters. The minimum absolute atomic E-state index is 0.522. The third-order valence-electron chi connectivity index (χ3n) is 7.33. The second-order valence-electron chi connectivity index (χ2n) is 10.7. The fourth-order valence-electron chi connectivity index (χ4n) is 5.53. The van der Waals surface area contributed by atoms with E-state index in [2.05, 4.69) is 126 Å². The van der Waals surface area contributed by atoms with Crippen molar-refractivity contribution in [2.45, 2.75) is 59.3 Å². The molecule has 6 rings (SSSR count). The minimum Gasteiger partial charge on any atom is -0.184 e. The molecule has 0 fully saturated rings. The first-order valence-corrected chi connectivity index (χ1v) is 21.4. The Hall–Kier alpha value is -1.83. The van der Waals surface area contributed by atoms with Crippen molar-refractivity contribution < 1.29 is 20.8 Å². The minimum atomic E-state index is -0.826. The molecule has 0 aromatic heterocycles. The molecule has 1 aliphatic rings. The molecule has 1 aliphatic heterocycles. The van der Waals surface area contributed by atoms with E-state index >= 15 is 0 Å². The molecule has 0 bridgehead atoms. The van der Waals surface area contributed by atoms with Crippen molar-refractivity contribution in [1.29, 1.82) is 0 Å². The van der Waals surface area contributed by atoms with Crippen LogP contribution >= 0.6 is 17.0 Å². The quantitative estimate of drug-likeness (QED) is 0.128. The molecule has 5 aromatic rings. The molecule has 0 amide bonds. The Balaban J connectivity index is 0.000000192.